The van der Waals surface area contributed by atoms with Gasteiger partial charge < -0.3 is 14.8 Å². The van der Waals surface area contributed by atoms with Gasteiger partial charge in [-0.2, -0.15) is 0 Å². The molecule has 1 saturated heterocycles. The predicted molar refractivity (Wildman–Crippen MR) is 57.7 cm³/mol. The zero-order chi connectivity index (χ0) is 11.3. The van der Waals surface area contributed by atoms with E-state index in [-0.39, 0.29) is 18.1 Å². The van der Waals surface area contributed by atoms with Gasteiger partial charge in [-0.15, -0.1) is 0 Å². The van der Waals surface area contributed by atoms with Gasteiger partial charge in [0, 0.05) is 18.9 Å². The molecule has 15 heavy (non-hydrogen) atoms. The Bertz CT molecular complexity index is 200. The highest BCUT2D eigenvalue weighted by molar-refractivity contribution is 5.75. The molecule has 0 spiro atoms. The van der Waals surface area contributed by atoms with E-state index in [2.05, 4.69) is 5.32 Å². The Morgan fingerprint density at radius 2 is 1.93 bits per heavy atom. The van der Waals surface area contributed by atoms with Gasteiger partial charge in [0.2, 0.25) is 0 Å². The van der Waals surface area contributed by atoms with Crippen LogP contribution < -0.4 is 5.32 Å². The molecule has 0 aromatic carbocycles. The summed E-state index contributed by atoms with van der Waals surface area (Å²) in [5.41, 5.74) is 0. The third-order valence-electron chi connectivity index (χ3n) is 2.39. The first-order valence-corrected chi connectivity index (χ1v) is 5.64. The van der Waals surface area contributed by atoms with Gasteiger partial charge in [-0.3, -0.25) is 4.79 Å². The maximum absolute atomic E-state index is 11.6. The number of rotatable bonds is 4. The molecule has 1 heterocycles. The van der Waals surface area contributed by atoms with E-state index in [1.54, 1.807) is 0 Å². The van der Waals surface area contributed by atoms with Crippen LogP contribution in [0, 0.1) is 0 Å². The summed E-state index contributed by atoms with van der Waals surface area (Å²) >= 11 is 0. The Kier molecular flexibility index (Phi) is 5.05. The van der Waals surface area contributed by atoms with Crippen molar-refractivity contribution in [1.29, 1.82) is 0 Å². The summed E-state index contributed by atoms with van der Waals surface area (Å²) in [5.74, 6) is -0.157. The summed E-state index contributed by atoms with van der Waals surface area (Å²) in [4.78, 5) is 11.6. The van der Waals surface area contributed by atoms with E-state index in [4.69, 9.17) is 9.47 Å². The van der Waals surface area contributed by atoms with Gasteiger partial charge in [-0.05, 0) is 6.92 Å². The summed E-state index contributed by atoms with van der Waals surface area (Å²) in [6.07, 6.45) is 1.68. The molecule has 0 unspecified atom stereocenters. The number of hydrogen-bond donors (Lipinski definition) is 1. The van der Waals surface area contributed by atoms with Crippen LogP contribution in [0.3, 0.4) is 0 Å². The highest BCUT2D eigenvalue weighted by Gasteiger charge is 2.21. The standard InChI is InChI=1S/C11H21NO3/c1-8(2)12-9(3)11(13)15-10-4-6-14-7-5-10/h8-10,12H,4-7H2,1-3H3/t9-/m0/s1. The lowest BCUT2D eigenvalue weighted by Crippen LogP contribution is -2.41. The molecule has 0 aliphatic carbocycles. The van der Waals surface area contributed by atoms with Crippen molar-refractivity contribution in [3.05, 3.63) is 0 Å². The monoisotopic (exact) mass is 215 g/mol. The van der Waals surface area contributed by atoms with Crippen molar-refractivity contribution in [3.63, 3.8) is 0 Å². The number of hydrogen-bond acceptors (Lipinski definition) is 4. The Morgan fingerprint density at radius 3 is 2.47 bits per heavy atom. The van der Waals surface area contributed by atoms with Crippen molar-refractivity contribution in [2.45, 2.75) is 51.8 Å². The van der Waals surface area contributed by atoms with Gasteiger partial charge in [0.25, 0.3) is 0 Å². The van der Waals surface area contributed by atoms with Crippen molar-refractivity contribution in [2.24, 2.45) is 0 Å². The van der Waals surface area contributed by atoms with E-state index in [1.165, 1.54) is 0 Å². The molecule has 0 aromatic rings. The van der Waals surface area contributed by atoms with Crippen molar-refractivity contribution in [3.8, 4) is 0 Å². The van der Waals surface area contributed by atoms with Crippen LogP contribution in [0.5, 0.6) is 0 Å². The fourth-order valence-corrected chi connectivity index (χ4v) is 1.63. The largest absolute Gasteiger partial charge is 0.461 e. The quantitative estimate of drug-likeness (QED) is 0.713. The van der Waals surface area contributed by atoms with Crippen LogP contribution in [-0.2, 0) is 14.3 Å². The molecule has 1 aliphatic heterocycles. The number of carbonyl (C=O) groups is 1. The topological polar surface area (TPSA) is 47.6 Å². The van der Waals surface area contributed by atoms with E-state index < -0.39 is 0 Å². The van der Waals surface area contributed by atoms with Crippen molar-refractivity contribution >= 4 is 5.97 Å². The van der Waals surface area contributed by atoms with Gasteiger partial charge >= 0.3 is 5.97 Å². The van der Waals surface area contributed by atoms with Crippen LogP contribution in [0.4, 0.5) is 0 Å². The van der Waals surface area contributed by atoms with Crippen molar-refractivity contribution < 1.29 is 14.3 Å². The van der Waals surface area contributed by atoms with Crippen LogP contribution in [0.15, 0.2) is 0 Å². The number of esters is 1. The molecule has 4 heteroatoms. The average molecular weight is 215 g/mol. The summed E-state index contributed by atoms with van der Waals surface area (Å²) < 4.78 is 10.6. The SMILES string of the molecule is CC(C)N[C@@H](C)C(=O)OC1CCOCC1. The Morgan fingerprint density at radius 1 is 1.33 bits per heavy atom. The zero-order valence-electron chi connectivity index (χ0n) is 9.79. The molecule has 0 aromatic heterocycles. The second kappa shape index (κ2) is 6.08. The van der Waals surface area contributed by atoms with Crippen molar-refractivity contribution in [2.75, 3.05) is 13.2 Å². The zero-order valence-corrected chi connectivity index (χ0v) is 9.79. The molecule has 0 radical (unpaired) electrons. The first kappa shape index (κ1) is 12.5. The van der Waals surface area contributed by atoms with E-state index in [0.717, 1.165) is 12.8 Å². The second-order valence-electron chi connectivity index (χ2n) is 4.29. The van der Waals surface area contributed by atoms with Crippen LogP contribution in [0.1, 0.15) is 33.6 Å². The molecule has 1 atom stereocenters. The van der Waals surface area contributed by atoms with E-state index in [9.17, 15) is 4.79 Å². The third kappa shape index (κ3) is 4.62. The maximum atomic E-state index is 11.6. The summed E-state index contributed by atoms with van der Waals surface area (Å²) in [7, 11) is 0. The molecule has 1 fully saturated rings. The number of carbonyl (C=O) groups excluding carboxylic acids is 1. The normalized spacial score (nSPS) is 20.3. The maximum Gasteiger partial charge on any atom is 0.323 e. The molecule has 1 rings (SSSR count). The summed E-state index contributed by atoms with van der Waals surface area (Å²) in [6.45, 7) is 7.26. The molecule has 1 N–H and O–H groups in total. The van der Waals surface area contributed by atoms with Gasteiger partial charge in [0.05, 0.1) is 13.2 Å². The summed E-state index contributed by atoms with van der Waals surface area (Å²) in [6, 6.07) is 0.0649. The van der Waals surface area contributed by atoms with E-state index in [0.29, 0.717) is 19.3 Å². The van der Waals surface area contributed by atoms with Gasteiger partial charge in [-0.25, -0.2) is 0 Å². The minimum atomic E-state index is -0.229. The van der Waals surface area contributed by atoms with Crippen LogP contribution in [0.25, 0.3) is 0 Å². The Hall–Kier alpha value is -0.610. The minimum Gasteiger partial charge on any atom is -0.461 e. The molecule has 1 aliphatic rings. The smallest absolute Gasteiger partial charge is 0.323 e. The fraction of sp³-hybridized carbons (Fsp3) is 0.909. The lowest BCUT2D eigenvalue weighted by atomic mass is 10.1. The molecule has 4 nitrogen and oxygen atoms in total. The number of ether oxygens (including phenoxy) is 2. The summed E-state index contributed by atoms with van der Waals surface area (Å²) in [5, 5.41) is 3.13. The van der Waals surface area contributed by atoms with E-state index in [1.807, 2.05) is 20.8 Å². The molecule has 0 amide bonds. The van der Waals surface area contributed by atoms with Crippen molar-refractivity contribution in [1.82, 2.24) is 5.32 Å². The van der Waals surface area contributed by atoms with Crippen LogP contribution in [-0.4, -0.2) is 37.4 Å². The second-order valence-corrected chi connectivity index (χ2v) is 4.29. The van der Waals surface area contributed by atoms with E-state index >= 15 is 0 Å². The van der Waals surface area contributed by atoms with Gasteiger partial charge in [-0.1, -0.05) is 13.8 Å². The third-order valence-corrected chi connectivity index (χ3v) is 2.39. The first-order chi connectivity index (χ1) is 7.09. The average Bonchev–Trinajstić information content (AvgIpc) is 2.18. The first-order valence-electron chi connectivity index (χ1n) is 5.64. The lowest BCUT2D eigenvalue weighted by Gasteiger charge is -2.24. The van der Waals surface area contributed by atoms with Gasteiger partial charge in [0.1, 0.15) is 12.1 Å². The molecular weight excluding hydrogens is 194 g/mol. The minimum absolute atomic E-state index is 0.0441. The number of nitrogens with one attached hydrogen (secondary N) is 1. The molecule has 88 valence electrons. The molecular formula is C11H21NO3. The van der Waals surface area contributed by atoms with Crippen LogP contribution in [0.2, 0.25) is 0 Å². The highest BCUT2D eigenvalue weighted by atomic mass is 16.6. The molecule has 0 bridgehead atoms. The van der Waals surface area contributed by atoms with Gasteiger partial charge in [0.15, 0.2) is 0 Å². The highest BCUT2D eigenvalue weighted by Crippen LogP contribution is 2.11. The molecule has 0 saturated carbocycles. The predicted octanol–water partition coefficient (Wildman–Crippen LogP) is 1.10. The Balaban J connectivity index is 2.27. The Labute approximate surface area is 91.3 Å². The van der Waals surface area contributed by atoms with Crippen LogP contribution >= 0.6 is 0 Å². The lowest BCUT2D eigenvalue weighted by molar-refractivity contribution is -0.155. The fourth-order valence-electron chi connectivity index (χ4n) is 1.63.